The van der Waals surface area contributed by atoms with Crippen LogP contribution < -0.4 is 5.73 Å². The highest BCUT2D eigenvalue weighted by Gasteiger charge is 2.07. The number of rotatable bonds is 7. The molecule has 96 valence electrons. The third kappa shape index (κ3) is 5.80. The standard InChI is InChI=1S/C14H24N2O/c1-11(2)5-8-17-9-6-13(15)14-10-12(3)4-7-16-14/h4,7,10-11,13H,5-6,8-9,15H2,1-3H3. The summed E-state index contributed by atoms with van der Waals surface area (Å²) >= 11 is 0. The van der Waals surface area contributed by atoms with E-state index < -0.39 is 0 Å². The summed E-state index contributed by atoms with van der Waals surface area (Å²) in [5, 5.41) is 0. The molecule has 0 fully saturated rings. The van der Waals surface area contributed by atoms with Gasteiger partial charge in [-0.2, -0.15) is 0 Å². The topological polar surface area (TPSA) is 48.1 Å². The third-order valence-electron chi connectivity index (χ3n) is 2.73. The molecule has 0 aliphatic rings. The Hall–Kier alpha value is -0.930. The minimum Gasteiger partial charge on any atom is -0.381 e. The highest BCUT2D eigenvalue weighted by Crippen LogP contribution is 2.12. The number of aryl methyl sites for hydroxylation is 1. The van der Waals surface area contributed by atoms with Gasteiger partial charge in [-0.1, -0.05) is 13.8 Å². The van der Waals surface area contributed by atoms with Gasteiger partial charge in [-0.25, -0.2) is 0 Å². The van der Waals surface area contributed by atoms with Gasteiger partial charge >= 0.3 is 0 Å². The van der Waals surface area contributed by atoms with Crippen molar-refractivity contribution in [3.8, 4) is 0 Å². The van der Waals surface area contributed by atoms with Gasteiger partial charge in [0.1, 0.15) is 0 Å². The number of ether oxygens (including phenoxy) is 1. The molecule has 0 aromatic carbocycles. The molecule has 0 saturated heterocycles. The first-order chi connectivity index (χ1) is 8.09. The average molecular weight is 236 g/mol. The molecule has 0 amide bonds. The van der Waals surface area contributed by atoms with E-state index in [0.717, 1.165) is 25.1 Å². The molecular weight excluding hydrogens is 212 g/mol. The van der Waals surface area contributed by atoms with Crippen molar-refractivity contribution in [1.29, 1.82) is 0 Å². The average Bonchev–Trinajstić information content (AvgIpc) is 2.28. The van der Waals surface area contributed by atoms with Crippen molar-refractivity contribution in [2.75, 3.05) is 13.2 Å². The summed E-state index contributed by atoms with van der Waals surface area (Å²) in [6.45, 7) is 7.99. The molecule has 2 N–H and O–H groups in total. The van der Waals surface area contributed by atoms with Gasteiger partial charge < -0.3 is 10.5 Å². The Bertz CT molecular complexity index is 326. The van der Waals surface area contributed by atoms with E-state index in [1.165, 1.54) is 5.56 Å². The quantitative estimate of drug-likeness (QED) is 0.741. The van der Waals surface area contributed by atoms with Crippen LogP contribution in [0.4, 0.5) is 0 Å². The molecule has 1 heterocycles. The summed E-state index contributed by atoms with van der Waals surface area (Å²) in [5.41, 5.74) is 8.22. The van der Waals surface area contributed by atoms with E-state index in [9.17, 15) is 0 Å². The predicted octanol–water partition coefficient (Wildman–Crippen LogP) is 2.84. The maximum Gasteiger partial charge on any atom is 0.0574 e. The van der Waals surface area contributed by atoms with Gasteiger partial charge in [0.25, 0.3) is 0 Å². The molecule has 1 aromatic rings. The largest absolute Gasteiger partial charge is 0.381 e. The molecule has 0 aliphatic carbocycles. The SMILES string of the molecule is Cc1ccnc(C(N)CCOCCC(C)C)c1. The maximum absolute atomic E-state index is 6.06. The zero-order chi connectivity index (χ0) is 12.7. The van der Waals surface area contributed by atoms with E-state index in [0.29, 0.717) is 12.5 Å². The van der Waals surface area contributed by atoms with Gasteiger partial charge in [0.15, 0.2) is 0 Å². The summed E-state index contributed by atoms with van der Waals surface area (Å²) < 4.78 is 5.56. The van der Waals surface area contributed by atoms with Gasteiger partial charge in [-0.3, -0.25) is 4.98 Å². The number of aromatic nitrogens is 1. The maximum atomic E-state index is 6.06. The smallest absolute Gasteiger partial charge is 0.0574 e. The fourth-order valence-corrected chi connectivity index (χ4v) is 1.54. The minimum atomic E-state index is -0.0195. The monoisotopic (exact) mass is 236 g/mol. The number of hydrogen-bond acceptors (Lipinski definition) is 3. The summed E-state index contributed by atoms with van der Waals surface area (Å²) in [6, 6.07) is 4.00. The second kappa shape index (κ2) is 7.41. The lowest BCUT2D eigenvalue weighted by atomic mass is 10.1. The van der Waals surface area contributed by atoms with Crippen LogP contribution in [0.3, 0.4) is 0 Å². The predicted molar refractivity (Wildman–Crippen MR) is 70.8 cm³/mol. The van der Waals surface area contributed by atoms with Crippen LogP contribution in [-0.2, 0) is 4.74 Å². The zero-order valence-electron chi connectivity index (χ0n) is 11.1. The van der Waals surface area contributed by atoms with E-state index in [-0.39, 0.29) is 6.04 Å². The summed E-state index contributed by atoms with van der Waals surface area (Å²) in [5.74, 6) is 0.696. The van der Waals surface area contributed by atoms with Crippen LogP contribution in [0.5, 0.6) is 0 Å². The van der Waals surface area contributed by atoms with Crippen LogP contribution in [0.25, 0.3) is 0 Å². The van der Waals surface area contributed by atoms with E-state index in [1.807, 2.05) is 18.3 Å². The van der Waals surface area contributed by atoms with Gasteiger partial charge in [0.05, 0.1) is 5.69 Å². The number of pyridine rings is 1. The first-order valence-corrected chi connectivity index (χ1v) is 6.35. The number of hydrogen-bond donors (Lipinski definition) is 1. The van der Waals surface area contributed by atoms with Crippen molar-refractivity contribution in [3.63, 3.8) is 0 Å². The van der Waals surface area contributed by atoms with Crippen LogP contribution in [0.1, 0.15) is 44.0 Å². The third-order valence-corrected chi connectivity index (χ3v) is 2.73. The van der Waals surface area contributed by atoms with E-state index in [1.54, 1.807) is 0 Å². The number of nitrogens with zero attached hydrogens (tertiary/aromatic N) is 1. The van der Waals surface area contributed by atoms with Gasteiger partial charge in [0, 0.05) is 25.5 Å². The molecule has 1 rings (SSSR count). The van der Waals surface area contributed by atoms with Gasteiger partial charge in [-0.15, -0.1) is 0 Å². The lowest BCUT2D eigenvalue weighted by Gasteiger charge is -2.12. The second-order valence-corrected chi connectivity index (χ2v) is 4.95. The molecule has 0 aliphatic heterocycles. The Kier molecular flexibility index (Phi) is 6.16. The van der Waals surface area contributed by atoms with Crippen molar-refractivity contribution < 1.29 is 4.74 Å². The number of nitrogens with two attached hydrogens (primary N) is 1. The lowest BCUT2D eigenvalue weighted by Crippen LogP contribution is -2.15. The van der Waals surface area contributed by atoms with E-state index in [4.69, 9.17) is 10.5 Å². The molecular formula is C14H24N2O. The normalized spacial score (nSPS) is 13.0. The highest BCUT2D eigenvalue weighted by molar-refractivity contribution is 5.16. The summed E-state index contributed by atoms with van der Waals surface area (Å²) in [6.07, 6.45) is 3.75. The van der Waals surface area contributed by atoms with Gasteiger partial charge in [-0.05, 0) is 43.4 Å². The van der Waals surface area contributed by atoms with Crippen LogP contribution in [0, 0.1) is 12.8 Å². The first kappa shape index (κ1) is 14.1. The Balaban J connectivity index is 2.23. The Morgan fingerprint density at radius 1 is 1.29 bits per heavy atom. The van der Waals surface area contributed by atoms with Crippen molar-refractivity contribution in [2.45, 2.75) is 39.7 Å². The molecule has 0 radical (unpaired) electrons. The Morgan fingerprint density at radius 2 is 2.00 bits per heavy atom. The van der Waals surface area contributed by atoms with Crippen molar-refractivity contribution >= 4 is 0 Å². The second-order valence-electron chi connectivity index (χ2n) is 4.95. The summed E-state index contributed by atoms with van der Waals surface area (Å²) in [7, 11) is 0. The molecule has 0 bridgehead atoms. The molecule has 3 nitrogen and oxygen atoms in total. The van der Waals surface area contributed by atoms with Crippen LogP contribution in [0.2, 0.25) is 0 Å². The van der Waals surface area contributed by atoms with Crippen LogP contribution in [0.15, 0.2) is 18.3 Å². The van der Waals surface area contributed by atoms with Crippen molar-refractivity contribution in [1.82, 2.24) is 4.98 Å². The van der Waals surface area contributed by atoms with Crippen molar-refractivity contribution in [2.24, 2.45) is 11.7 Å². The molecule has 0 spiro atoms. The summed E-state index contributed by atoms with van der Waals surface area (Å²) in [4.78, 5) is 4.29. The van der Waals surface area contributed by atoms with Crippen LogP contribution >= 0.6 is 0 Å². The van der Waals surface area contributed by atoms with Crippen LogP contribution in [-0.4, -0.2) is 18.2 Å². The molecule has 3 heteroatoms. The molecule has 1 unspecified atom stereocenters. The lowest BCUT2D eigenvalue weighted by molar-refractivity contribution is 0.117. The zero-order valence-corrected chi connectivity index (χ0v) is 11.1. The van der Waals surface area contributed by atoms with Crippen molar-refractivity contribution in [3.05, 3.63) is 29.6 Å². The minimum absolute atomic E-state index is 0.0195. The molecule has 0 saturated carbocycles. The highest BCUT2D eigenvalue weighted by atomic mass is 16.5. The Labute approximate surface area is 104 Å². The van der Waals surface area contributed by atoms with E-state index >= 15 is 0 Å². The fourth-order valence-electron chi connectivity index (χ4n) is 1.54. The fraction of sp³-hybridized carbons (Fsp3) is 0.643. The first-order valence-electron chi connectivity index (χ1n) is 6.35. The molecule has 1 aromatic heterocycles. The molecule has 1 atom stereocenters. The van der Waals surface area contributed by atoms with E-state index in [2.05, 4.69) is 25.8 Å². The van der Waals surface area contributed by atoms with Gasteiger partial charge in [0.2, 0.25) is 0 Å². The molecule has 17 heavy (non-hydrogen) atoms. The Morgan fingerprint density at radius 3 is 2.65 bits per heavy atom.